The predicted octanol–water partition coefficient (Wildman–Crippen LogP) is 1.05. The molecule has 0 unspecified atom stereocenters. The maximum atomic E-state index is 4.59. The lowest BCUT2D eigenvalue weighted by Gasteiger charge is -2.30. The first kappa shape index (κ1) is 13.2. The van der Waals surface area contributed by atoms with Gasteiger partial charge in [0, 0.05) is 44.6 Å². The molecule has 0 spiro atoms. The van der Waals surface area contributed by atoms with Crippen molar-refractivity contribution in [3.8, 4) is 0 Å². The van der Waals surface area contributed by atoms with E-state index in [1.54, 1.807) is 0 Å². The van der Waals surface area contributed by atoms with Crippen LogP contribution in [0.25, 0.3) is 0 Å². The number of fused-ring (bicyclic) bond motifs is 1. The molecule has 0 saturated carbocycles. The number of aryl methyl sites for hydroxylation is 2. The van der Waals surface area contributed by atoms with Crippen molar-refractivity contribution in [2.75, 3.05) is 18.0 Å². The van der Waals surface area contributed by atoms with Gasteiger partial charge in [0.2, 0.25) is 0 Å². The Morgan fingerprint density at radius 2 is 2.20 bits per heavy atom. The van der Waals surface area contributed by atoms with E-state index in [1.807, 2.05) is 17.9 Å². The van der Waals surface area contributed by atoms with Crippen molar-refractivity contribution < 1.29 is 0 Å². The molecule has 108 valence electrons. The van der Waals surface area contributed by atoms with Crippen LogP contribution in [-0.4, -0.2) is 32.4 Å². The monoisotopic (exact) mass is 274 g/mol. The molecule has 0 bridgehead atoms. The van der Waals surface area contributed by atoms with E-state index in [0.29, 0.717) is 0 Å². The Hall–Kier alpha value is -1.82. The largest absolute Gasteiger partial charge is 0.347 e. The maximum absolute atomic E-state index is 4.59. The van der Waals surface area contributed by atoms with Crippen LogP contribution in [0.2, 0.25) is 0 Å². The second-order valence-corrected chi connectivity index (χ2v) is 5.25. The SMILES string of the molecule is CCNCc1c(C)nn(C)c1N1CCn2ccnc2C1. The quantitative estimate of drug-likeness (QED) is 0.905. The van der Waals surface area contributed by atoms with Crippen LogP contribution in [0.1, 0.15) is 24.0 Å². The highest BCUT2D eigenvalue weighted by Gasteiger charge is 2.23. The summed E-state index contributed by atoms with van der Waals surface area (Å²) in [6, 6.07) is 0. The second-order valence-electron chi connectivity index (χ2n) is 5.25. The summed E-state index contributed by atoms with van der Waals surface area (Å²) in [6.45, 7) is 8.89. The zero-order valence-electron chi connectivity index (χ0n) is 12.4. The lowest BCUT2D eigenvalue weighted by molar-refractivity contribution is 0.543. The van der Waals surface area contributed by atoms with Crippen molar-refractivity contribution in [3.05, 3.63) is 29.5 Å². The molecular weight excluding hydrogens is 252 g/mol. The van der Waals surface area contributed by atoms with Crippen molar-refractivity contribution in [1.29, 1.82) is 0 Å². The average Bonchev–Trinajstić information content (AvgIpc) is 2.99. The number of anilines is 1. The Morgan fingerprint density at radius 3 is 3.00 bits per heavy atom. The molecule has 0 atom stereocenters. The topological polar surface area (TPSA) is 50.9 Å². The number of imidazole rings is 1. The number of aromatic nitrogens is 4. The molecule has 0 aliphatic carbocycles. The summed E-state index contributed by atoms with van der Waals surface area (Å²) in [4.78, 5) is 6.82. The number of nitrogens with zero attached hydrogens (tertiary/aromatic N) is 5. The molecule has 2 aromatic rings. The highest BCUT2D eigenvalue weighted by molar-refractivity contribution is 5.50. The molecule has 1 aliphatic heterocycles. The first-order chi connectivity index (χ1) is 9.70. The average molecular weight is 274 g/mol. The van der Waals surface area contributed by atoms with E-state index in [0.717, 1.165) is 44.2 Å². The zero-order chi connectivity index (χ0) is 14.1. The van der Waals surface area contributed by atoms with Crippen molar-refractivity contribution in [2.24, 2.45) is 7.05 Å². The molecule has 0 fully saturated rings. The van der Waals surface area contributed by atoms with Crippen LogP contribution in [0, 0.1) is 6.92 Å². The molecule has 0 saturated heterocycles. The third-order valence-corrected chi connectivity index (χ3v) is 3.91. The van der Waals surface area contributed by atoms with E-state index in [-0.39, 0.29) is 0 Å². The minimum absolute atomic E-state index is 0.852. The molecule has 6 nitrogen and oxygen atoms in total. The number of nitrogens with one attached hydrogen (secondary N) is 1. The molecule has 3 rings (SSSR count). The maximum Gasteiger partial charge on any atom is 0.131 e. The summed E-state index contributed by atoms with van der Waals surface area (Å²) in [7, 11) is 2.03. The van der Waals surface area contributed by atoms with Gasteiger partial charge in [0.15, 0.2) is 0 Å². The summed E-state index contributed by atoms with van der Waals surface area (Å²) in [5.41, 5.74) is 2.41. The fourth-order valence-electron chi connectivity index (χ4n) is 2.90. The minimum Gasteiger partial charge on any atom is -0.347 e. The number of hydrogen-bond acceptors (Lipinski definition) is 4. The van der Waals surface area contributed by atoms with Crippen LogP contribution < -0.4 is 10.2 Å². The van der Waals surface area contributed by atoms with E-state index >= 15 is 0 Å². The summed E-state index contributed by atoms with van der Waals surface area (Å²) < 4.78 is 4.23. The van der Waals surface area contributed by atoms with Gasteiger partial charge in [-0.25, -0.2) is 4.98 Å². The fourth-order valence-corrected chi connectivity index (χ4v) is 2.90. The highest BCUT2D eigenvalue weighted by atomic mass is 15.4. The standard InChI is InChI=1S/C14H22N6/c1-4-15-9-12-11(2)17-18(3)14(12)20-8-7-19-6-5-16-13(19)10-20/h5-6,15H,4,7-10H2,1-3H3. The Kier molecular flexibility index (Phi) is 3.48. The zero-order valence-corrected chi connectivity index (χ0v) is 12.4. The van der Waals surface area contributed by atoms with Gasteiger partial charge in [-0.1, -0.05) is 6.92 Å². The van der Waals surface area contributed by atoms with Crippen LogP contribution in [0.4, 0.5) is 5.82 Å². The highest BCUT2D eigenvalue weighted by Crippen LogP contribution is 2.26. The Bertz CT molecular complexity index is 597. The van der Waals surface area contributed by atoms with Crippen molar-refractivity contribution in [1.82, 2.24) is 24.6 Å². The summed E-state index contributed by atoms with van der Waals surface area (Å²) >= 11 is 0. The normalized spacial score (nSPS) is 14.7. The predicted molar refractivity (Wildman–Crippen MR) is 78.6 cm³/mol. The lowest BCUT2D eigenvalue weighted by atomic mass is 10.2. The summed E-state index contributed by atoms with van der Waals surface area (Å²) in [5.74, 6) is 2.35. The van der Waals surface area contributed by atoms with Gasteiger partial charge in [0.25, 0.3) is 0 Å². The Labute approximate surface area is 119 Å². The van der Waals surface area contributed by atoms with E-state index in [4.69, 9.17) is 0 Å². The van der Waals surface area contributed by atoms with E-state index < -0.39 is 0 Å². The number of hydrogen-bond donors (Lipinski definition) is 1. The lowest BCUT2D eigenvalue weighted by Crippen LogP contribution is -2.35. The fraction of sp³-hybridized carbons (Fsp3) is 0.571. The smallest absolute Gasteiger partial charge is 0.131 e. The Balaban J connectivity index is 1.90. The molecule has 6 heteroatoms. The number of rotatable bonds is 4. The first-order valence-electron chi connectivity index (χ1n) is 7.18. The van der Waals surface area contributed by atoms with Crippen LogP contribution in [-0.2, 0) is 26.7 Å². The molecule has 1 aliphatic rings. The molecule has 0 radical (unpaired) electrons. The first-order valence-corrected chi connectivity index (χ1v) is 7.18. The van der Waals surface area contributed by atoms with Gasteiger partial charge in [-0.2, -0.15) is 5.10 Å². The van der Waals surface area contributed by atoms with Crippen molar-refractivity contribution in [3.63, 3.8) is 0 Å². The van der Waals surface area contributed by atoms with Gasteiger partial charge in [0.1, 0.15) is 11.6 Å². The van der Waals surface area contributed by atoms with Crippen LogP contribution in [0.5, 0.6) is 0 Å². The third kappa shape index (κ3) is 2.20. The summed E-state index contributed by atoms with van der Waals surface area (Å²) in [6.07, 6.45) is 3.94. The van der Waals surface area contributed by atoms with Gasteiger partial charge < -0.3 is 14.8 Å². The van der Waals surface area contributed by atoms with E-state index in [9.17, 15) is 0 Å². The molecule has 2 aromatic heterocycles. The van der Waals surface area contributed by atoms with Gasteiger partial charge in [0.05, 0.1) is 12.2 Å². The molecular formula is C14H22N6. The van der Waals surface area contributed by atoms with E-state index in [1.165, 1.54) is 11.4 Å². The van der Waals surface area contributed by atoms with Gasteiger partial charge in [-0.15, -0.1) is 0 Å². The van der Waals surface area contributed by atoms with Gasteiger partial charge in [-0.3, -0.25) is 4.68 Å². The Morgan fingerprint density at radius 1 is 1.35 bits per heavy atom. The van der Waals surface area contributed by atoms with Crippen LogP contribution in [0.15, 0.2) is 12.4 Å². The van der Waals surface area contributed by atoms with Gasteiger partial charge in [-0.05, 0) is 13.5 Å². The van der Waals surface area contributed by atoms with Crippen LogP contribution >= 0.6 is 0 Å². The molecule has 1 N–H and O–H groups in total. The van der Waals surface area contributed by atoms with Gasteiger partial charge >= 0.3 is 0 Å². The van der Waals surface area contributed by atoms with Crippen molar-refractivity contribution in [2.45, 2.75) is 33.5 Å². The minimum atomic E-state index is 0.852. The third-order valence-electron chi connectivity index (χ3n) is 3.91. The second kappa shape index (κ2) is 5.28. The molecule has 0 amide bonds. The molecule has 0 aromatic carbocycles. The van der Waals surface area contributed by atoms with E-state index in [2.05, 4.69) is 44.9 Å². The summed E-state index contributed by atoms with van der Waals surface area (Å²) in [5, 5.41) is 8.00. The van der Waals surface area contributed by atoms with Crippen molar-refractivity contribution >= 4 is 5.82 Å². The molecule has 20 heavy (non-hydrogen) atoms. The molecule has 3 heterocycles. The van der Waals surface area contributed by atoms with Crippen LogP contribution in [0.3, 0.4) is 0 Å².